The zero-order valence-corrected chi connectivity index (χ0v) is 12.8. The van der Waals surface area contributed by atoms with Gasteiger partial charge < -0.3 is 10.6 Å². The number of rotatable bonds is 4. The normalized spacial score (nSPS) is 18.1. The van der Waals surface area contributed by atoms with Crippen LogP contribution in [0.2, 0.25) is 0 Å². The van der Waals surface area contributed by atoms with Gasteiger partial charge in [0, 0.05) is 31.4 Å². The molecule has 1 aliphatic rings. The molecule has 0 spiro atoms. The molecule has 1 aliphatic heterocycles. The Balaban J connectivity index is 1.74. The molecule has 22 heavy (non-hydrogen) atoms. The third-order valence-electron chi connectivity index (χ3n) is 3.92. The van der Waals surface area contributed by atoms with E-state index < -0.39 is 5.91 Å². The molecule has 0 aliphatic carbocycles. The molecule has 0 bridgehead atoms. The molecule has 2 aromatic rings. The predicted molar refractivity (Wildman–Crippen MR) is 82.7 cm³/mol. The zero-order valence-electron chi connectivity index (χ0n) is 12.8. The Morgan fingerprint density at radius 2 is 2.27 bits per heavy atom. The highest BCUT2D eigenvalue weighted by atomic mass is 16.1. The molecular formula is C15H20N6O. The number of nitrogens with two attached hydrogens (primary N) is 1. The molecule has 3 rings (SSSR count). The Morgan fingerprint density at radius 3 is 2.95 bits per heavy atom. The Morgan fingerprint density at radius 1 is 1.45 bits per heavy atom. The summed E-state index contributed by atoms with van der Waals surface area (Å²) in [5, 5.41) is 4.25. The van der Waals surface area contributed by atoms with Crippen LogP contribution in [-0.2, 0) is 0 Å². The Hall–Kier alpha value is -2.44. The molecule has 2 aromatic heterocycles. The Kier molecular flexibility index (Phi) is 3.79. The quantitative estimate of drug-likeness (QED) is 0.920. The molecule has 0 aromatic carbocycles. The van der Waals surface area contributed by atoms with Gasteiger partial charge in [-0.05, 0) is 12.5 Å². The third kappa shape index (κ3) is 2.79. The first-order valence-electron chi connectivity index (χ1n) is 7.46. The van der Waals surface area contributed by atoms with E-state index in [1.54, 1.807) is 6.20 Å². The summed E-state index contributed by atoms with van der Waals surface area (Å²) in [6, 6.07) is 2.16. The van der Waals surface area contributed by atoms with E-state index in [-0.39, 0.29) is 6.04 Å². The summed E-state index contributed by atoms with van der Waals surface area (Å²) in [6.07, 6.45) is 6.01. The van der Waals surface area contributed by atoms with Crippen LogP contribution >= 0.6 is 0 Å². The fourth-order valence-corrected chi connectivity index (χ4v) is 2.65. The molecule has 116 valence electrons. The van der Waals surface area contributed by atoms with Crippen molar-refractivity contribution in [1.82, 2.24) is 19.7 Å². The summed E-state index contributed by atoms with van der Waals surface area (Å²) >= 11 is 0. The van der Waals surface area contributed by atoms with Crippen LogP contribution in [0.25, 0.3) is 0 Å². The molecule has 1 atom stereocenters. The molecule has 0 radical (unpaired) electrons. The highest BCUT2D eigenvalue weighted by molar-refractivity contribution is 5.92. The minimum Gasteiger partial charge on any atom is -0.366 e. The number of carbonyl (C=O) groups excluding carboxylic acids is 1. The topological polar surface area (TPSA) is 89.9 Å². The molecule has 0 saturated carbocycles. The number of hydrogen-bond acceptors (Lipinski definition) is 5. The van der Waals surface area contributed by atoms with E-state index in [4.69, 9.17) is 5.73 Å². The summed E-state index contributed by atoms with van der Waals surface area (Å²) in [6.45, 7) is 5.89. The number of nitrogens with zero attached hydrogens (tertiary/aromatic N) is 5. The van der Waals surface area contributed by atoms with Crippen molar-refractivity contribution < 1.29 is 4.79 Å². The average Bonchev–Trinajstić information content (AvgIpc) is 3.16. The standard InChI is InChI=1S/C15H20N6O/c1-10(2)15-17-5-3-13(19-15)20-6-4-12(9-20)21-8-11(7-18-21)14(16)22/h3,5,7-8,10,12H,4,6,9H2,1-2H3,(H2,16,22). The van der Waals surface area contributed by atoms with Gasteiger partial charge in [-0.25, -0.2) is 9.97 Å². The summed E-state index contributed by atoms with van der Waals surface area (Å²) < 4.78 is 1.82. The van der Waals surface area contributed by atoms with Crippen molar-refractivity contribution in [2.75, 3.05) is 18.0 Å². The lowest BCUT2D eigenvalue weighted by atomic mass is 10.2. The fourth-order valence-electron chi connectivity index (χ4n) is 2.65. The molecule has 1 saturated heterocycles. The minimum atomic E-state index is -0.446. The largest absolute Gasteiger partial charge is 0.366 e. The summed E-state index contributed by atoms with van der Waals surface area (Å²) in [5.74, 6) is 1.67. The number of aromatic nitrogens is 4. The molecule has 2 N–H and O–H groups in total. The van der Waals surface area contributed by atoms with Gasteiger partial charge in [0.1, 0.15) is 11.6 Å². The van der Waals surface area contributed by atoms with Gasteiger partial charge >= 0.3 is 0 Å². The highest BCUT2D eigenvalue weighted by Gasteiger charge is 2.26. The van der Waals surface area contributed by atoms with Crippen molar-refractivity contribution in [2.45, 2.75) is 32.2 Å². The van der Waals surface area contributed by atoms with E-state index in [0.29, 0.717) is 11.5 Å². The van der Waals surface area contributed by atoms with E-state index in [2.05, 4.69) is 33.8 Å². The summed E-state index contributed by atoms with van der Waals surface area (Å²) in [5.41, 5.74) is 5.72. The van der Waals surface area contributed by atoms with Gasteiger partial charge in [-0.1, -0.05) is 13.8 Å². The van der Waals surface area contributed by atoms with Crippen LogP contribution in [0.4, 0.5) is 5.82 Å². The number of amides is 1. The van der Waals surface area contributed by atoms with Crippen molar-refractivity contribution in [1.29, 1.82) is 0 Å². The van der Waals surface area contributed by atoms with Crippen LogP contribution in [-0.4, -0.2) is 38.7 Å². The van der Waals surface area contributed by atoms with Crippen molar-refractivity contribution in [3.8, 4) is 0 Å². The average molecular weight is 300 g/mol. The van der Waals surface area contributed by atoms with Gasteiger partial charge in [-0.2, -0.15) is 5.10 Å². The van der Waals surface area contributed by atoms with Crippen molar-refractivity contribution in [3.63, 3.8) is 0 Å². The molecule has 1 amide bonds. The fraction of sp³-hybridized carbons (Fsp3) is 0.467. The van der Waals surface area contributed by atoms with Crippen LogP contribution in [0, 0.1) is 0 Å². The maximum atomic E-state index is 11.2. The second kappa shape index (κ2) is 5.75. The van der Waals surface area contributed by atoms with E-state index in [1.807, 2.05) is 16.9 Å². The van der Waals surface area contributed by atoms with Gasteiger partial charge in [0.2, 0.25) is 0 Å². The second-order valence-corrected chi connectivity index (χ2v) is 5.89. The lowest BCUT2D eigenvalue weighted by Crippen LogP contribution is -2.22. The van der Waals surface area contributed by atoms with E-state index >= 15 is 0 Å². The third-order valence-corrected chi connectivity index (χ3v) is 3.92. The monoisotopic (exact) mass is 300 g/mol. The van der Waals surface area contributed by atoms with Gasteiger partial charge in [0.05, 0.1) is 17.8 Å². The number of carbonyl (C=O) groups is 1. The maximum Gasteiger partial charge on any atom is 0.251 e. The SMILES string of the molecule is CC(C)c1nccc(N2CCC(n3cc(C(N)=O)cn3)C2)n1. The van der Waals surface area contributed by atoms with Crippen LogP contribution in [0.5, 0.6) is 0 Å². The van der Waals surface area contributed by atoms with Crippen LogP contribution in [0.15, 0.2) is 24.7 Å². The van der Waals surface area contributed by atoms with Crippen molar-refractivity contribution >= 4 is 11.7 Å². The number of primary amides is 1. The molecule has 7 nitrogen and oxygen atoms in total. The molecule has 1 unspecified atom stereocenters. The van der Waals surface area contributed by atoms with Crippen LogP contribution in [0.3, 0.4) is 0 Å². The first-order valence-corrected chi connectivity index (χ1v) is 7.46. The zero-order chi connectivity index (χ0) is 15.7. The highest BCUT2D eigenvalue weighted by Crippen LogP contribution is 2.26. The minimum absolute atomic E-state index is 0.227. The Bertz CT molecular complexity index is 680. The van der Waals surface area contributed by atoms with Gasteiger partial charge in [0.15, 0.2) is 0 Å². The Labute approximate surface area is 129 Å². The molecule has 7 heteroatoms. The lowest BCUT2D eigenvalue weighted by molar-refractivity contribution is 0.1000. The first-order chi connectivity index (χ1) is 10.5. The smallest absolute Gasteiger partial charge is 0.251 e. The maximum absolute atomic E-state index is 11.2. The lowest BCUT2D eigenvalue weighted by Gasteiger charge is -2.18. The molecule has 3 heterocycles. The summed E-state index contributed by atoms with van der Waals surface area (Å²) in [4.78, 5) is 22.3. The van der Waals surface area contributed by atoms with E-state index in [9.17, 15) is 4.79 Å². The first kappa shape index (κ1) is 14.5. The van der Waals surface area contributed by atoms with Crippen molar-refractivity contribution in [3.05, 3.63) is 36.0 Å². The second-order valence-electron chi connectivity index (χ2n) is 5.89. The van der Waals surface area contributed by atoms with Gasteiger partial charge in [0.25, 0.3) is 5.91 Å². The van der Waals surface area contributed by atoms with E-state index in [1.165, 1.54) is 6.20 Å². The molecule has 1 fully saturated rings. The predicted octanol–water partition coefficient (Wildman–Crippen LogP) is 1.35. The number of hydrogen-bond donors (Lipinski definition) is 1. The van der Waals surface area contributed by atoms with Gasteiger partial charge in [-0.15, -0.1) is 0 Å². The van der Waals surface area contributed by atoms with E-state index in [0.717, 1.165) is 31.2 Å². The van der Waals surface area contributed by atoms with Crippen LogP contribution < -0.4 is 10.6 Å². The van der Waals surface area contributed by atoms with Crippen LogP contribution in [0.1, 0.15) is 48.4 Å². The summed E-state index contributed by atoms with van der Waals surface area (Å²) in [7, 11) is 0. The number of anilines is 1. The van der Waals surface area contributed by atoms with Crippen molar-refractivity contribution in [2.24, 2.45) is 5.73 Å². The van der Waals surface area contributed by atoms with Gasteiger partial charge in [-0.3, -0.25) is 9.48 Å². The molecular weight excluding hydrogens is 280 g/mol.